The van der Waals surface area contributed by atoms with E-state index in [0.717, 1.165) is 46.5 Å². The number of ketones is 2. The molecule has 21 heteroatoms. The number of nitrogens with one attached hydrogen (secondary N) is 2. The zero-order chi connectivity index (χ0) is 55.8. The lowest BCUT2D eigenvalue weighted by Crippen LogP contribution is -2.10. The van der Waals surface area contributed by atoms with E-state index in [9.17, 15) is 41.0 Å². The van der Waals surface area contributed by atoms with E-state index >= 15 is 0 Å². The summed E-state index contributed by atoms with van der Waals surface area (Å²) in [5.41, 5.74) is 6.71. The molecule has 0 aliphatic heterocycles. The highest BCUT2D eigenvalue weighted by molar-refractivity contribution is 5.99. The molecular formula is C58H46F6N12O3. The predicted molar refractivity (Wildman–Crippen MR) is 283 cm³/mol. The molecule has 0 fully saturated rings. The summed E-state index contributed by atoms with van der Waals surface area (Å²) in [7, 11) is 0. The summed E-state index contributed by atoms with van der Waals surface area (Å²) < 4.78 is 84.8. The Kier molecular flexibility index (Phi) is 15.9. The van der Waals surface area contributed by atoms with Crippen LogP contribution in [0.25, 0.3) is 33.9 Å². The average Bonchev–Trinajstić information content (AvgIpc) is 4.15. The maximum atomic E-state index is 13.7. The number of aliphatic hydroxyl groups is 1. The third-order valence-corrected chi connectivity index (χ3v) is 12.3. The lowest BCUT2D eigenvalue weighted by atomic mass is 9.99. The summed E-state index contributed by atoms with van der Waals surface area (Å²) in [6, 6.07) is 28.1. The number of anilines is 4. The van der Waals surface area contributed by atoms with Gasteiger partial charge in [0.2, 0.25) is 11.9 Å². The smallest absolute Gasteiger partial charge is 0.390 e. The van der Waals surface area contributed by atoms with Crippen LogP contribution in [0.4, 0.5) is 49.6 Å². The molecule has 0 saturated carbocycles. The van der Waals surface area contributed by atoms with Crippen molar-refractivity contribution in [3.8, 4) is 33.9 Å². The molecule has 4 aromatic carbocycles. The van der Waals surface area contributed by atoms with E-state index in [1.54, 1.807) is 111 Å². The Bertz CT molecular complexity index is 3810. The number of imidazole rings is 2. The van der Waals surface area contributed by atoms with Crippen molar-refractivity contribution < 1.29 is 41.0 Å². The number of aryl methyl sites for hydroxylation is 3. The van der Waals surface area contributed by atoms with Crippen LogP contribution in [0.2, 0.25) is 0 Å². The third-order valence-electron chi connectivity index (χ3n) is 12.3. The quantitative estimate of drug-likeness (QED) is 0.0650. The van der Waals surface area contributed by atoms with Crippen LogP contribution in [0.1, 0.15) is 65.5 Å². The van der Waals surface area contributed by atoms with E-state index in [0.29, 0.717) is 57.2 Å². The van der Waals surface area contributed by atoms with Gasteiger partial charge in [0.25, 0.3) is 0 Å². The summed E-state index contributed by atoms with van der Waals surface area (Å²) in [5.74, 6) is -0.0310. The zero-order valence-electron chi connectivity index (χ0n) is 42.3. The van der Waals surface area contributed by atoms with Crippen LogP contribution in [0.3, 0.4) is 0 Å². The van der Waals surface area contributed by atoms with Crippen molar-refractivity contribution in [1.82, 2.24) is 49.0 Å². The fourth-order valence-electron chi connectivity index (χ4n) is 8.19. The molecule has 0 aliphatic carbocycles. The van der Waals surface area contributed by atoms with Crippen LogP contribution in [0.5, 0.6) is 0 Å². The Balaban J connectivity index is 0.000000192. The predicted octanol–water partition coefficient (Wildman–Crippen LogP) is 12.2. The maximum Gasteiger partial charge on any atom is 0.416 e. The van der Waals surface area contributed by atoms with E-state index in [2.05, 4.69) is 50.5 Å². The Morgan fingerprint density at radius 2 is 1.01 bits per heavy atom. The first-order valence-electron chi connectivity index (χ1n) is 24.2. The minimum atomic E-state index is -4.61. The van der Waals surface area contributed by atoms with Gasteiger partial charge >= 0.3 is 12.4 Å². The molecule has 6 heterocycles. The highest BCUT2D eigenvalue weighted by Gasteiger charge is 2.33. The van der Waals surface area contributed by atoms with E-state index in [4.69, 9.17) is 0 Å². The maximum absolute atomic E-state index is 13.7. The topological polar surface area (TPSA) is 191 Å². The lowest BCUT2D eigenvalue weighted by molar-refractivity contribution is -0.138. The number of nitrogens with zero attached hydrogens (tertiary/aromatic N) is 10. The van der Waals surface area contributed by atoms with Gasteiger partial charge in [-0.3, -0.25) is 19.6 Å². The van der Waals surface area contributed by atoms with Gasteiger partial charge in [-0.2, -0.15) is 26.3 Å². The normalized spacial score (nSPS) is 11.4. The first-order valence-corrected chi connectivity index (χ1v) is 24.2. The molecule has 0 radical (unpaired) electrons. The van der Waals surface area contributed by atoms with Gasteiger partial charge in [0, 0.05) is 107 Å². The Morgan fingerprint density at radius 1 is 0.544 bits per heavy atom. The summed E-state index contributed by atoms with van der Waals surface area (Å²) >= 11 is 0. The molecule has 398 valence electrons. The molecule has 6 aromatic heterocycles. The SMILES string of the molecule is Cc1ccc(C(=O)Cc2cc(-n3cnc(CO)c3)cc(C(F)(F)F)c2)cc1Nc1nccc(-c2cccnc2)n1.Cc1cn(-c2cc(CC(=O)c3ccc(C)c(Nc4nccc(-c5cccnc5)n4)c3)cc(C(F)(F)F)c2)cn1. The van der Waals surface area contributed by atoms with Crippen molar-refractivity contribution in [2.45, 2.75) is 52.6 Å². The van der Waals surface area contributed by atoms with Gasteiger partial charge in [-0.05, 0) is 128 Å². The number of hydrogen-bond donors (Lipinski definition) is 3. The summed E-state index contributed by atoms with van der Waals surface area (Å²) in [6.07, 6.45) is 6.14. The molecule has 0 bridgehead atoms. The average molecular weight is 1070 g/mol. The monoisotopic (exact) mass is 1070 g/mol. The van der Waals surface area contributed by atoms with Crippen LogP contribution >= 0.6 is 0 Å². The van der Waals surface area contributed by atoms with Gasteiger partial charge in [-0.15, -0.1) is 0 Å². The number of carbonyl (C=O) groups excluding carboxylic acids is 2. The molecule has 0 saturated heterocycles. The molecular weight excluding hydrogens is 1030 g/mol. The molecule has 10 rings (SSSR count). The number of Topliss-reactive ketones (excluding diaryl/α,β-unsaturated/α-hetero) is 2. The van der Waals surface area contributed by atoms with Gasteiger partial charge in [0.1, 0.15) is 0 Å². The summed E-state index contributed by atoms with van der Waals surface area (Å²) in [4.78, 5) is 60.3. The standard InChI is InChI=1S/C29H23F3N6O2.C29H23F3N6O/c1-18-4-5-20(12-26(18)37-28-34-8-6-25(36-28)21-3-2-7-33-14-21)27(40)11-19-9-22(29(30,31)32)13-24(10-19)38-15-23(16-39)35-17-38;1-18-5-6-21(13-26(18)37-28-34-9-7-25(36-28)22-4-3-8-33-15-22)27(39)12-20-10-23(29(30,31)32)14-24(11-20)38-16-19(2)35-17-38/h2-10,12-15,17,39H,11,16H2,1H3,(H,34,36,37);3-11,13-17H,12H2,1-2H3,(H,34,36,37). The highest BCUT2D eigenvalue weighted by Crippen LogP contribution is 2.34. The van der Waals surface area contributed by atoms with E-state index < -0.39 is 23.5 Å². The van der Waals surface area contributed by atoms with Crippen LogP contribution in [-0.2, 0) is 31.8 Å². The number of hydrogen-bond acceptors (Lipinski definition) is 13. The van der Waals surface area contributed by atoms with Gasteiger partial charge in [-0.25, -0.2) is 29.9 Å². The second-order valence-corrected chi connectivity index (χ2v) is 18.1. The lowest BCUT2D eigenvalue weighted by Gasteiger charge is -2.14. The number of rotatable bonds is 15. The molecule has 79 heavy (non-hydrogen) atoms. The van der Waals surface area contributed by atoms with Crippen molar-refractivity contribution in [3.05, 3.63) is 227 Å². The fraction of sp³-hybridized carbons (Fsp3) is 0.138. The number of halogens is 6. The molecule has 0 unspecified atom stereocenters. The van der Waals surface area contributed by atoms with E-state index in [-0.39, 0.29) is 53.5 Å². The van der Waals surface area contributed by atoms with Crippen LogP contribution in [0.15, 0.2) is 171 Å². The first kappa shape index (κ1) is 54.0. The second kappa shape index (κ2) is 23.2. The van der Waals surface area contributed by atoms with Crippen molar-refractivity contribution in [2.24, 2.45) is 0 Å². The van der Waals surface area contributed by atoms with E-state index in [1.165, 1.54) is 34.1 Å². The summed E-state index contributed by atoms with van der Waals surface area (Å²) in [5, 5.41) is 15.6. The molecule has 3 N–H and O–H groups in total. The Hall–Kier alpha value is -9.76. The van der Waals surface area contributed by atoms with Gasteiger partial charge in [0.15, 0.2) is 11.6 Å². The van der Waals surface area contributed by atoms with Gasteiger partial charge < -0.3 is 24.9 Å². The first-order chi connectivity index (χ1) is 37.8. The number of benzene rings is 4. The number of pyridine rings is 2. The van der Waals surface area contributed by atoms with E-state index in [1.807, 2.05) is 32.0 Å². The Labute approximate surface area is 447 Å². The van der Waals surface area contributed by atoms with Crippen molar-refractivity contribution >= 4 is 34.8 Å². The van der Waals surface area contributed by atoms with Gasteiger partial charge in [0.05, 0.1) is 53.2 Å². The number of alkyl halides is 6. The molecule has 0 amide bonds. The van der Waals surface area contributed by atoms with Gasteiger partial charge in [-0.1, -0.05) is 24.3 Å². The fourth-order valence-corrected chi connectivity index (χ4v) is 8.19. The summed E-state index contributed by atoms with van der Waals surface area (Å²) in [6.45, 7) is 5.12. The molecule has 0 spiro atoms. The molecule has 0 atom stereocenters. The van der Waals surface area contributed by atoms with Crippen molar-refractivity contribution in [1.29, 1.82) is 0 Å². The number of carbonyl (C=O) groups is 2. The van der Waals surface area contributed by atoms with Crippen LogP contribution in [-0.4, -0.2) is 65.7 Å². The van der Waals surface area contributed by atoms with Crippen LogP contribution < -0.4 is 10.6 Å². The number of aromatic nitrogens is 10. The second-order valence-electron chi connectivity index (χ2n) is 18.1. The Morgan fingerprint density at radius 3 is 1.42 bits per heavy atom. The zero-order valence-corrected chi connectivity index (χ0v) is 42.3. The molecule has 15 nitrogen and oxygen atoms in total. The highest BCUT2D eigenvalue weighted by atomic mass is 19.4. The molecule has 0 aliphatic rings. The largest absolute Gasteiger partial charge is 0.416 e. The molecule has 10 aromatic rings. The minimum absolute atomic E-state index is 0.182. The van der Waals surface area contributed by atoms with Crippen molar-refractivity contribution in [3.63, 3.8) is 0 Å². The number of aliphatic hydroxyl groups excluding tert-OH is 1. The minimum Gasteiger partial charge on any atom is -0.390 e. The van der Waals surface area contributed by atoms with Crippen LogP contribution in [0, 0.1) is 20.8 Å². The third kappa shape index (κ3) is 13.6. The van der Waals surface area contributed by atoms with Crippen molar-refractivity contribution in [2.75, 3.05) is 10.6 Å².